The Hall–Kier alpha value is -3.06. The van der Waals surface area contributed by atoms with Gasteiger partial charge in [0.2, 0.25) is 0 Å². The summed E-state index contributed by atoms with van der Waals surface area (Å²) in [5, 5.41) is 1.38. The first kappa shape index (κ1) is 23.6. The van der Waals surface area contributed by atoms with Gasteiger partial charge in [0.15, 0.2) is 17.6 Å². The highest BCUT2D eigenvalue weighted by Gasteiger charge is 2.31. The smallest absolute Gasteiger partial charge is 0.272 e. The number of rotatable bonds is 4. The minimum absolute atomic E-state index is 0.248. The second-order valence-electron chi connectivity index (χ2n) is 9.20. The van der Waals surface area contributed by atoms with Crippen LogP contribution in [-0.4, -0.2) is 48.8 Å². The fraction of sp³-hybridized carbons (Fsp3) is 0.440. The van der Waals surface area contributed by atoms with Gasteiger partial charge in [-0.25, -0.2) is 5.01 Å². The number of carbonyl (C=O) groups is 2. The number of methoxy groups -OCH3 is 1. The van der Waals surface area contributed by atoms with Crippen molar-refractivity contribution in [2.24, 2.45) is 0 Å². The summed E-state index contributed by atoms with van der Waals surface area (Å²) >= 11 is 0. The number of amides is 2. The molecule has 0 fully saturated rings. The molecule has 1 aliphatic heterocycles. The first-order chi connectivity index (χ1) is 15.0. The van der Waals surface area contributed by atoms with Crippen molar-refractivity contribution in [2.75, 3.05) is 20.3 Å². The number of hydrazine groups is 1. The van der Waals surface area contributed by atoms with Crippen molar-refractivity contribution in [1.82, 2.24) is 10.4 Å². The van der Waals surface area contributed by atoms with E-state index in [0.29, 0.717) is 41.4 Å². The molecule has 0 saturated carbocycles. The molecule has 2 aromatic carbocycles. The average Bonchev–Trinajstić information content (AvgIpc) is 2.70. The lowest BCUT2D eigenvalue weighted by atomic mass is 10.0. The Balaban J connectivity index is 1.89. The number of carbonyl (C=O) groups excluding carboxylic acids is 2. The summed E-state index contributed by atoms with van der Waals surface area (Å²) in [6.07, 6.45) is -0.248. The average molecular weight is 441 g/mol. The molecule has 0 spiro atoms. The molecule has 1 heterocycles. The molecule has 0 bridgehead atoms. The zero-order valence-corrected chi connectivity index (χ0v) is 19.9. The first-order valence-corrected chi connectivity index (χ1v) is 10.7. The van der Waals surface area contributed by atoms with E-state index in [9.17, 15) is 9.59 Å². The van der Waals surface area contributed by atoms with Gasteiger partial charge in [0.05, 0.1) is 12.1 Å². The summed E-state index contributed by atoms with van der Waals surface area (Å²) < 4.78 is 16.9. The van der Waals surface area contributed by atoms with E-state index in [4.69, 9.17) is 14.2 Å². The molecule has 1 N–H and O–H groups in total. The van der Waals surface area contributed by atoms with Gasteiger partial charge < -0.3 is 14.2 Å². The number of hydrogen-bond donors (Lipinski definition) is 1. The fourth-order valence-electron chi connectivity index (χ4n) is 3.74. The van der Waals surface area contributed by atoms with Crippen LogP contribution in [0.15, 0.2) is 30.3 Å². The molecule has 172 valence electrons. The first-order valence-electron chi connectivity index (χ1n) is 10.7. The van der Waals surface area contributed by atoms with Gasteiger partial charge in [-0.2, -0.15) is 0 Å². The van der Waals surface area contributed by atoms with E-state index < -0.39 is 11.4 Å². The van der Waals surface area contributed by atoms with Gasteiger partial charge in [0, 0.05) is 23.8 Å². The minimum atomic E-state index is -0.643. The van der Waals surface area contributed by atoms with E-state index >= 15 is 0 Å². The summed E-state index contributed by atoms with van der Waals surface area (Å²) in [6, 6.07) is 9.06. The van der Waals surface area contributed by atoms with Gasteiger partial charge in [-0.15, -0.1) is 0 Å². The number of hydrogen-bond acceptors (Lipinski definition) is 5. The number of benzene rings is 2. The third-order valence-electron chi connectivity index (χ3n) is 5.23. The maximum absolute atomic E-state index is 13.3. The van der Waals surface area contributed by atoms with Gasteiger partial charge in [0.25, 0.3) is 11.8 Å². The number of fused-ring (bicyclic) bond motifs is 1. The minimum Gasteiger partial charge on any atom is -0.486 e. The fourth-order valence-corrected chi connectivity index (χ4v) is 3.74. The normalized spacial score (nSPS) is 15.3. The Bertz CT molecular complexity index is 1010. The molecular formula is C25H32N2O5. The number of nitrogens with zero attached hydrogens (tertiary/aromatic N) is 1. The lowest BCUT2D eigenvalue weighted by Gasteiger charge is -2.36. The van der Waals surface area contributed by atoms with Crippen LogP contribution in [0.1, 0.15) is 58.2 Å². The van der Waals surface area contributed by atoms with E-state index in [0.717, 1.165) is 11.1 Å². The van der Waals surface area contributed by atoms with Crippen molar-refractivity contribution in [2.45, 2.75) is 53.2 Å². The van der Waals surface area contributed by atoms with E-state index in [1.54, 1.807) is 26.2 Å². The van der Waals surface area contributed by atoms with Gasteiger partial charge in [-0.1, -0.05) is 17.2 Å². The van der Waals surface area contributed by atoms with Crippen molar-refractivity contribution in [1.29, 1.82) is 0 Å². The Morgan fingerprint density at radius 1 is 1.12 bits per heavy atom. The van der Waals surface area contributed by atoms with Crippen LogP contribution in [0.2, 0.25) is 0 Å². The lowest BCUT2D eigenvalue weighted by molar-refractivity contribution is 0.0263. The summed E-state index contributed by atoms with van der Waals surface area (Å²) in [4.78, 5) is 26.6. The molecule has 7 heteroatoms. The van der Waals surface area contributed by atoms with Crippen molar-refractivity contribution < 1.29 is 23.8 Å². The molecule has 2 amide bonds. The van der Waals surface area contributed by atoms with E-state index in [1.165, 1.54) is 5.01 Å². The third kappa shape index (κ3) is 5.05. The lowest BCUT2D eigenvalue weighted by Crippen LogP contribution is -2.56. The van der Waals surface area contributed by atoms with Crippen LogP contribution >= 0.6 is 0 Å². The van der Waals surface area contributed by atoms with E-state index in [1.807, 2.05) is 52.8 Å². The zero-order chi connectivity index (χ0) is 23.6. The second-order valence-corrected chi connectivity index (χ2v) is 9.20. The Kier molecular flexibility index (Phi) is 6.79. The van der Waals surface area contributed by atoms with Crippen molar-refractivity contribution in [3.05, 3.63) is 58.1 Å². The molecular weight excluding hydrogens is 408 g/mol. The molecule has 32 heavy (non-hydrogen) atoms. The number of aryl methyl sites for hydroxylation is 2. The summed E-state index contributed by atoms with van der Waals surface area (Å²) in [6.45, 7) is 12.1. The topological polar surface area (TPSA) is 77.1 Å². The van der Waals surface area contributed by atoms with Crippen LogP contribution in [-0.2, 0) is 4.74 Å². The Morgan fingerprint density at radius 3 is 2.38 bits per heavy atom. The monoisotopic (exact) mass is 440 g/mol. The molecule has 3 rings (SSSR count). The highest BCUT2D eigenvalue weighted by Crippen LogP contribution is 2.37. The van der Waals surface area contributed by atoms with Crippen LogP contribution in [0.5, 0.6) is 11.5 Å². The van der Waals surface area contributed by atoms with Crippen LogP contribution in [0.4, 0.5) is 0 Å². The summed E-state index contributed by atoms with van der Waals surface area (Å²) in [5.74, 6) is 0.447. The highest BCUT2D eigenvalue weighted by molar-refractivity contribution is 6.00. The van der Waals surface area contributed by atoms with Crippen LogP contribution in [0.3, 0.4) is 0 Å². The molecule has 1 aliphatic rings. The maximum Gasteiger partial charge on any atom is 0.272 e. The van der Waals surface area contributed by atoms with E-state index in [2.05, 4.69) is 5.43 Å². The zero-order valence-electron chi connectivity index (χ0n) is 19.9. The SMILES string of the molecule is COC[C@H]1COc2ccc(C(=O)NN(C(=O)c3cc(C)cc(C)c3)C(C)(C)C)c(C)c2O1. The standard InChI is InChI=1S/C25H32N2O5/c1-15-10-16(2)12-18(11-15)24(29)27(25(4,5)6)26-23(28)20-8-9-21-22(17(20)3)32-19(13-30-7)14-31-21/h8-12,19H,13-14H2,1-7H3,(H,26,28)/t19-/m0/s1. The number of ether oxygens (including phenoxy) is 3. The Morgan fingerprint density at radius 2 is 1.78 bits per heavy atom. The van der Waals surface area contributed by atoms with Crippen LogP contribution < -0.4 is 14.9 Å². The van der Waals surface area contributed by atoms with Gasteiger partial charge >= 0.3 is 0 Å². The Labute approximate surface area is 189 Å². The van der Waals surface area contributed by atoms with Gasteiger partial charge in [0.1, 0.15) is 6.61 Å². The van der Waals surface area contributed by atoms with Crippen molar-refractivity contribution >= 4 is 11.8 Å². The molecule has 0 unspecified atom stereocenters. The molecule has 0 saturated heterocycles. The van der Waals surface area contributed by atoms with Crippen molar-refractivity contribution in [3.63, 3.8) is 0 Å². The van der Waals surface area contributed by atoms with Gasteiger partial charge in [-0.3, -0.25) is 15.0 Å². The predicted octanol–water partition coefficient (Wildman–Crippen LogP) is 3.98. The number of nitrogens with one attached hydrogen (secondary N) is 1. The molecule has 2 aromatic rings. The van der Waals surface area contributed by atoms with Crippen LogP contribution in [0.25, 0.3) is 0 Å². The molecule has 0 aromatic heterocycles. The molecule has 0 aliphatic carbocycles. The largest absolute Gasteiger partial charge is 0.486 e. The van der Waals surface area contributed by atoms with Crippen LogP contribution in [0, 0.1) is 20.8 Å². The molecule has 7 nitrogen and oxygen atoms in total. The summed E-state index contributed by atoms with van der Waals surface area (Å²) in [5.41, 5.74) is 5.73. The maximum atomic E-state index is 13.3. The highest BCUT2D eigenvalue weighted by atomic mass is 16.6. The quantitative estimate of drug-likeness (QED) is 0.728. The van der Waals surface area contributed by atoms with E-state index in [-0.39, 0.29) is 12.0 Å². The second kappa shape index (κ2) is 9.20. The summed E-state index contributed by atoms with van der Waals surface area (Å²) in [7, 11) is 1.60. The van der Waals surface area contributed by atoms with Crippen molar-refractivity contribution in [3.8, 4) is 11.5 Å². The third-order valence-corrected chi connectivity index (χ3v) is 5.23. The molecule has 1 atom stereocenters. The predicted molar refractivity (Wildman–Crippen MR) is 122 cm³/mol. The van der Waals surface area contributed by atoms with Gasteiger partial charge in [-0.05, 0) is 65.8 Å². The molecule has 0 radical (unpaired) electrons.